The average Bonchev–Trinajstić information content (AvgIpc) is 2.77. The minimum Gasteiger partial charge on any atom is -0.330 e. The Morgan fingerprint density at radius 3 is 2.68 bits per heavy atom. The number of rotatable bonds is 3. The summed E-state index contributed by atoms with van der Waals surface area (Å²) in [6.45, 7) is 1.11. The third-order valence-electron chi connectivity index (χ3n) is 3.10. The fourth-order valence-corrected chi connectivity index (χ4v) is 4.16. The van der Waals surface area contributed by atoms with Crippen LogP contribution in [0.15, 0.2) is 23.1 Å². The molecule has 1 aliphatic rings. The van der Waals surface area contributed by atoms with Gasteiger partial charge < -0.3 is 5.73 Å². The monoisotopic (exact) mass is 328 g/mol. The molecule has 0 bridgehead atoms. The van der Waals surface area contributed by atoms with Gasteiger partial charge in [0.25, 0.3) is 0 Å². The first-order chi connectivity index (χ1) is 8.46. The van der Waals surface area contributed by atoms with Gasteiger partial charge in [-0.15, -0.1) is 12.4 Å². The molecule has 0 saturated carbocycles. The summed E-state index contributed by atoms with van der Waals surface area (Å²) in [5.41, 5.74) is 5.52. The van der Waals surface area contributed by atoms with Gasteiger partial charge in [0.1, 0.15) is 10.7 Å². The van der Waals surface area contributed by atoms with Crippen LogP contribution >= 0.6 is 24.0 Å². The van der Waals surface area contributed by atoms with Crippen LogP contribution in [-0.2, 0) is 10.0 Å². The van der Waals surface area contributed by atoms with Crippen LogP contribution in [0.2, 0.25) is 5.02 Å². The molecule has 2 N–H and O–H groups in total. The van der Waals surface area contributed by atoms with Crippen LogP contribution in [0.4, 0.5) is 4.39 Å². The van der Waals surface area contributed by atoms with E-state index in [2.05, 4.69) is 0 Å². The van der Waals surface area contributed by atoms with Crippen molar-refractivity contribution in [3.05, 3.63) is 29.0 Å². The summed E-state index contributed by atoms with van der Waals surface area (Å²) in [6, 6.07) is 3.84. The number of sulfonamides is 1. The number of hydrogen-bond acceptors (Lipinski definition) is 3. The molecular weight excluding hydrogens is 314 g/mol. The molecule has 1 aromatic carbocycles. The van der Waals surface area contributed by atoms with Gasteiger partial charge in [0.15, 0.2) is 0 Å². The van der Waals surface area contributed by atoms with Gasteiger partial charge in [0, 0.05) is 13.1 Å². The Morgan fingerprint density at radius 2 is 2.16 bits per heavy atom. The molecular formula is C11H15Cl2FN2O2S. The summed E-state index contributed by atoms with van der Waals surface area (Å²) in [5.74, 6) is -0.691. The summed E-state index contributed by atoms with van der Waals surface area (Å²) in [7, 11) is -3.87. The molecule has 0 aliphatic carbocycles. The van der Waals surface area contributed by atoms with Crippen molar-refractivity contribution in [3.8, 4) is 0 Å². The molecule has 1 heterocycles. The van der Waals surface area contributed by atoms with Gasteiger partial charge in [-0.1, -0.05) is 17.7 Å². The fourth-order valence-electron chi connectivity index (χ4n) is 2.07. The molecule has 0 amide bonds. The Kier molecular flexibility index (Phi) is 5.58. The zero-order valence-corrected chi connectivity index (χ0v) is 12.4. The first-order valence-corrected chi connectivity index (χ1v) is 7.43. The van der Waals surface area contributed by atoms with Crippen molar-refractivity contribution in [1.82, 2.24) is 4.31 Å². The van der Waals surface area contributed by atoms with Crippen molar-refractivity contribution in [2.24, 2.45) is 11.7 Å². The highest BCUT2D eigenvalue weighted by molar-refractivity contribution is 7.89. The van der Waals surface area contributed by atoms with Crippen molar-refractivity contribution in [3.63, 3.8) is 0 Å². The maximum Gasteiger partial charge on any atom is 0.247 e. The van der Waals surface area contributed by atoms with Crippen molar-refractivity contribution in [2.45, 2.75) is 11.3 Å². The van der Waals surface area contributed by atoms with Gasteiger partial charge in [-0.05, 0) is 31.0 Å². The predicted octanol–water partition coefficient (Wildman–Crippen LogP) is 1.87. The van der Waals surface area contributed by atoms with E-state index in [1.165, 1.54) is 16.4 Å². The van der Waals surface area contributed by atoms with Crippen molar-refractivity contribution >= 4 is 34.0 Å². The lowest BCUT2D eigenvalue weighted by molar-refractivity contribution is 0.453. The van der Waals surface area contributed by atoms with E-state index in [-0.39, 0.29) is 23.3 Å². The lowest BCUT2D eigenvalue weighted by Crippen LogP contribution is -2.30. The Balaban J connectivity index is 0.00000180. The van der Waals surface area contributed by atoms with Gasteiger partial charge in [0.05, 0.1) is 5.02 Å². The lowest BCUT2D eigenvalue weighted by Gasteiger charge is -2.17. The standard InChI is InChI=1S/C11H14ClFN2O2S.ClH/c12-9-2-1-3-10(13)11(9)18(16,17)15-5-4-8(6-14)7-15;/h1-3,8H,4-7,14H2;1H. The van der Waals surface area contributed by atoms with E-state index in [9.17, 15) is 12.8 Å². The van der Waals surface area contributed by atoms with Crippen LogP contribution < -0.4 is 5.73 Å². The summed E-state index contributed by atoms with van der Waals surface area (Å²) >= 11 is 5.79. The Morgan fingerprint density at radius 1 is 1.47 bits per heavy atom. The number of nitrogens with two attached hydrogens (primary N) is 1. The highest BCUT2D eigenvalue weighted by Gasteiger charge is 2.34. The normalized spacial score (nSPS) is 20.3. The Hall–Kier alpha value is -0.400. The summed E-state index contributed by atoms with van der Waals surface area (Å²) in [4.78, 5) is -0.440. The number of nitrogens with zero attached hydrogens (tertiary/aromatic N) is 1. The van der Waals surface area contributed by atoms with E-state index < -0.39 is 20.7 Å². The van der Waals surface area contributed by atoms with E-state index in [1.807, 2.05) is 0 Å². The molecule has 8 heteroatoms. The zero-order valence-electron chi connectivity index (χ0n) is 10.1. The molecule has 0 aromatic heterocycles. The van der Waals surface area contributed by atoms with E-state index >= 15 is 0 Å². The van der Waals surface area contributed by atoms with Gasteiger partial charge in [-0.25, -0.2) is 12.8 Å². The number of halogens is 3. The quantitative estimate of drug-likeness (QED) is 0.921. The van der Waals surface area contributed by atoms with Crippen LogP contribution in [0.1, 0.15) is 6.42 Å². The molecule has 1 aliphatic heterocycles. The second-order valence-electron chi connectivity index (χ2n) is 4.30. The molecule has 1 atom stereocenters. The predicted molar refractivity (Wildman–Crippen MR) is 74.6 cm³/mol. The van der Waals surface area contributed by atoms with Crippen LogP contribution in [0.25, 0.3) is 0 Å². The molecule has 2 rings (SSSR count). The third-order valence-corrected chi connectivity index (χ3v) is 5.47. The highest BCUT2D eigenvalue weighted by Crippen LogP contribution is 2.30. The molecule has 0 radical (unpaired) electrons. The molecule has 1 saturated heterocycles. The third kappa shape index (κ3) is 3.20. The van der Waals surface area contributed by atoms with Crippen molar-refractivity contribution in [1.29, 1.82) is 0 Å². The van der Waals surface area contributed by atoms with Crippen molar-refractivity contribution < 1.29 is 12.8 Å². The molecule has 0 spiro atoms. The largest absolute Gasteiger partial charge is 0.330 e. The zero-order chi connectivity index (χ0) is 13.3. The lowest BCUT2D eigenvalue weighted by atomic mass is 10.1. The summed E-state index contributed by atoms with van der Waals surface area (Å²) in [5, 5.41) is -0.0915. The van der Waals surface area contributed by atoms with Crippen LogP contribution in [0.3, 0.4) is 0 Å². The van der Waals surface area contributed by atoms with E-state index in [4.69, 9.17) is 17.3 Å². The van der Waals surface area contributed by atoms with E-state index in [0.29, 0.717) is 26.1 Å². The Bertz CT molecular complexity index is 533. The second kappa shape index (κ2) is 6.37. The number of hydrogen-bond donors (Lipinski definition) is 1. The second-order valence-corrected chi connectivity index (χ2v) is 6.59. The fraction of sp³-hybridized carbons (Fsp3) is 0.455. The summed E-state index contributed by atoms with van der Waals surface area (Å²) in [6.07, 6.45) is 0.696. The highest BCUT2D eigenvalue weighted by atomic mass is 35.5. The molecule has 108 valence electrons. The van der Waals surface area contributed by atoms with Crippen LogP contribution in [0.5, 0.6) is 0 Å². The first kappa shape index (κ1) is 16.7. The average molecular weight is 329 g/mol. The van der Waals surface area contributed by atoms with Crippen LogP contribution in [-0.4, -0.2) is 32.4 Å². The Labute approximate surface area is 123 Å². The molecule has 1 unspecified atom stereocenters. The van der Waals surface area contributed by atoms with Gasteiger partial charge in [-0.2, -0.15) is 4.31 Å². The minimum atomic E-state index is -3.87. The molecule has 4 nitrogen and oxygen atoms in total. The molecule has 19 heavy (non-hydrogen) atoms. The topological polar surface area (TPSA) is 63.4 Å². The minimum absolute atomic E-state index is 0. The molecule has 1 aromatic rings. The SMILES string of the molecule is Cl.NCC1CCN(S(=O)(=O)c2c(F)cccc2Cl)C1. The smallest absolute Gasteiger partial charge is 0.247 e. The maximum atomic E-state index is 13.7. The van der Waals surface area contributed by atoms with Gasteiger partial charge >= 0.3 is 0 Å². The van der Waals surface area contributed by atoms with Gasteiger partial charge in [-0.3, -0.25) is 0 Å². The maximum absolute atomic E-state index is 13.7. The first-order valence-electron chi connectivity index (χ1n) is 5.61. The van der Waals surface area contributed by atoms with E-state index in [1.54, 1.807) is 0 Å². The van der Waals surface area contributed by atoms with Gasteiger partial charge in [0.2, 0.25) is 10.0 Å². The molecule has 1 fully saturated rings. The van der Waals surface area contributed by atoms with Crippen LogP contribution in [0, 0.1) is 11.7 Å². The van der Waals surface area contributed by atoms with E-state index in [0.717, 1.165) is 6.07 Å². The number of benzene rings is 1. The van der Waals surface area contributed by atoms with Crippen molar-refractivity contribution in [2.75, 3.05) is 19.6 Å². The summed E-state index contributed by atoms with van der Waals surface area (Å²) < 4.78 is 39.5.